The molecule has 98 valence electrons. The first-order chi connectivity index (χ1) is 9.08. The summed E-state index contributed by atoms with van der Waals surface area (Å²) in [7, 11) is 0. The van der Waals surface area contributed by atoms with Gasteiger partial charge in [-0.2, -0.15) is 0 Å². The smallest absolute Gasteiger partial charge is 0.0373 e. The predicted molar refractivity (Wildman–Crippen MR) is 83.0 cm³/mol. The average Bonchev–Trinajstić information content (AvgIpc) is 2.84. The van der Waals surface area contributed by atoms with Crippen molar-refractivity contribution in [3.63, 3.8) is 0 Å². The third-order valence-electron chi connectivity index (χ3n) is 4.47. The number of hydrogen-bond donors (Lipinski definition) is 1. The van der Waals surface area contributed by atoms with Gasteiger partial charge in [-0.1, -0.05) is 12.1 Å². The molecule has 1 heteroatoms. The summed E-state index contributed by atoms with van der Waals surface area (Å²) in [6.07, 6.45) is 1.14. The van der Waals surface area contributed by atoms with Gasteiger partial charge in [0.2, 0.25) is 0 Å². The minimum absolute atomic E-state index is 1.07. The lowest BCUT2D eigenvalue weighted by Crippen LogP contribution is -1.95. The second-order valence-electron chi connectivity index (χ2n) is 5.68. The number of hydrogen-bond acceptors (Lipinski definition) is 1. The van der Waals surface area contributed by atoms with Crippen LogP contribution in [0.3, 0.4) is 0 Å². The largest absolute Gasteiger partial charge is 0.384 e. The van der Waals surface area contributed by atoms with E-state index < -0.39 is 0 Å². The lowest BCUT2D eigenvalue weighted by atomic mass is 9.89. The van der Waals surface area contributed by atoms with Crippen molar-refractivity contribution in [3.8, 4) is 11.1 Å². The molecule has 1 aliphatic rings. The van der Waals surface area contributed by atoms with E-state index in [-0.39, 0.29) is 0 Å². The van der Waals surface area contributed by atoms with Gasteiger partial charge in [-0.15, -0.1) is 0 Å². The third kappa shape index (κ3) is 1.94. The molecule has 0 saturated heterocycles. The van der Waals surface area contributed by atoms with Gasteiger partial charge >= 0.3 is 0 Å². The molecule has 1 aliphatic heterocycles. The van der Waals surface area contributed by atoms with Crippen molar-refractivity contribution < 1.29 is 0 Å². The molecule has 0 saturated carbocycles. The number of rotatable bonds is 1. The molecule has 0 fully saturated rings. The zero-order chi connectivity index (χ0) is 13.6. The van der Waals surface area contributed by atoms with Gasteiger partial charge in [-0.25, -0.2) is 0 Å². The Labute approximate surface area is 115 Å². The van der Waals surface area contributed by atoms with Gasteiger partial charge in [0, 0.05) is 12.2 Å². The average molecular weight is 251 g/mol. The second-order valence-corrected chi connectivity index (χ2v) is 5.68. The van der Waals surface area contributed by atoms with Crippen LogP contribution in [0.5, 0.6) is 0 Å². The Bertz CT molecular complexity index is 627. The Kier molecular flexibility index (Phi) is 2.85. The van der Waals surface area contributed by atoms with Gasteiger partial charge in [0.25, 0.3) is 0 Å². The fourth-order valence-corrected chi connectivity index (χ4v) is 3.11. The van der Waals surface area contributed by atoms with Gasteiger partial charge in [0.05, 0.1) is 0 Å². The number of nitrogens with one attached hydrogen (secondary N) is 1. The minimum atomic E-state index is 1.07. The Balaban J connectivity index is 2.22. The number of anilines is 1. The minimum Gasteiger partial charge on any atom is -0.384 e. The molecule has 2 aromatic rings. The van der Waals surface area contributed by atoms with Crippen molar-refractivity contribution >= 4 is 5.69 Å². The summed E-state index contributed by atoms with van der Waals surface area (Å²) >= 11 is 0. The molecule has 19 heavy (non-hydrogen) atoms. The van der Waals surface area contributed by atoms with E-state index in [1.807, 2.05) is 0 Å². The van der Waals surface area contributed by atoms with Crippen molar-refractivity contribution in [2.24, 2.45) is 0 Å². The van der Waals surface area contributed by atoms with E-state index in [9.17, 15) is 0 Å². The van der Waals surface area contributed by atoms with Crippen LogP contribution in [-0.4, -0.2) is 6.54 Å². The van der Waals surface area contributed by atoms with E-state index in [4.69, 9.17) is 0 Å². The van der Waals surface area contributed by atoms with Crippen molar-refractivity contribution in [3.05, 3.63) is 52.1 Å². The summed E-state index contributed by atoms with van der Waals surface area (Å²) in [5, 5.41) is 3.43. The maximum Gasteiger partial charge on any atom is 0.0373 e. The molecule has 1 nitrogen and oxygen atoms in total. The predicted octanol–water partition coefficient (Wildman–Crippen LogP) is 4.56. The Morgan fingerprint density at radius 2 is 1.58 bits per heavy atom. The van der Waals surface area contributed by atoms with Gasteiger partial charge in [-0.05, 0) is 85.2 Å². The quantitative estimate of drug-likeness (QED) is 0.783. The summed E-state index contributed by atoms with van der Waals surface area (Å²) in [6.45, 7) is 9.97. The molecular weight excluding hydrogens is 230 g/mol. The highest BCUT2D eigenvalue weighted by Gasteiger charge is 2.14. The van der Waals surface area contributed by atoms with Crippen LogP contribution in [0.2, 0.25) is 0 Å². The van der Waals surface area contributed by atoms with E-state index in [2.05, 4.69) is 57.3 Å². The van der Waals surface area contributed by atoms with Gasteiger partial charge in [-0.3, -0.25) is 0 Å². The van der Waals surface area contributed by atoms with Crippen LogP contribution < -0.4 is 5.32 Å². The van der Waals surface area contributed by atoms with E-state index in [0.29, 0.717) is 0 Å². The molecule has 0 amide bonds. The molecule has 0 spiro atoms. The first-order valence-electron chi connectivity index (χ1n) is 7.02. The van der Waals surface area contributed by atoms with E-state index in [1.54, 1.807) is 0 Å². The SMILES string of the molecule is Cc1cc(C)c(C)c(-c2ccc3c(c2)CCN3)c1C. The monoisotopic (exact) mass is 251 g/mol. The molecule has 0 atom stereocenters. The fourth-order valence-electron chi connectivity index (χ4n) is 3.11. The molecule has 3 rings (SSSR count). The highest BCUT2D eigenvalue weighted by molar-refractivity contribution is 5.76. The maximum absolute atomic E-state index is 3.43. The molecule has 0 unspecified atom stereocenters. The third-order valence-corrected chi connectivity index (χ3v) is 4.47. The molecular formula is C18H21N. The van der Waals surface area contributed by atoms with Crippen LogP contribution in [0, 0.1) is 27.7 Å². The Hall–Kier alpha value is -1.76. The summed E-state index contributed by atoms with van der Waals surface area (Å²) < 4.78 is 0. The van der Waals surface area contributed by atoms with Crippen molar-refractivity contribution in [1.82, 2.24) is 0 Å². The molecule has 0 aromatic heterocycles. The molecule has 2 aromatic carbocycles. The summed E-state index contributed by atoms with van der Waals surface area (Å²) in [4.78, 5) is 0. The van der Waals surface area contributed by atoms with Crippen LogP contribution in [0.4, 0.5) is 5.69 Å². The first-order valence-corrected chi connectivity index (χ1v) is 7.02. The van der Waals surface area contributed by atoms with Crippen LogP contribution in [0.15, 0.2) is 24.3 Å². The summed E-state index contributed by atoms with van der Waals surface area (Å²) in [5.41, 5.74) is 11.1. The zero-order valence-electron chi connectivity index (χ0n) is 12.2. The van der Waals surface area contributed by atoms with Gasteiger partial charge < -0.3 is 5.32 Å². The van der Waals surface area contributed by atoms with Crippen LogP contribution in [-0.2, 0) is 6.42 Å². The van der Waals surface area contributed by atoms with E-state index >= 15 is 0 Å². The maximum atomic E-state index is 3.43. The molecule has 1 N–H and O–H groups in total. The lowest BCUT2D eigenvalue weighted by Gasteiger charge is -2.16. The number of fused-ring (bicyclic) bond motifs is 1. The van der Waals surface area contributed by atoms with Crippen molar-refractivity contribution in [2.45, 2.75) is 34.1 Å². The molecule has 0 bridgehead atoms. The highest BCUT2D eigenvalue weighted by Crippen LogP contribution is 2.34. The summed E-state index contributed by atoms with van der Waals surface area (Å²) in [6, 6.07) is 9.15. The fraction of sp³-hybridized carbons (Fsp3) is 0.333. The standard InChI is InChI=1S/C18H21N/c1-11-9-12(2)14(4)18(13(11)3)16-5-6-17-15(10-16)7-8-19-17/h5-6,9-10,19H,7-8H2,1-4H3. The molecule has 0 aliphatic carbocycles. The molecule has 0 radical (unpaired) electrons. The topological polar surface area (TPSA) is 12.0 Å². The lowest BCUT2D eigenvalue weighted by molar-refractivity contribution is 1.11. The normalized spacial score (nSPS) is 13.3. The first kappa shape index (κ1) is 12.3. The summed E-state index contributed by atoms with van der Waals surface area (Å²) in [5.74, 6) is 0. The highest BCUT2D eigenvalue weighted by atomic mass is 14.9. The number of benzene rings is 2. The van der Waals surface area contributed by atoms with E-state index in [1.165, 1.54) is 44.6 Å². The Morgan fingerprint density at radius 3 is 2.26 bits per heavy atom. The second kappa shape index (κ2) is 4.41. The number of aryl methyl sites for hydroxylation is 2. The van der Waals surface area contributed by atoms with Crippen molar-refractivity contribution in [1.29, 1.82) is 0 Å². The Morgan fingerprint density at radius 1 is 0.895 bits per heavy atom. The van der Waals surface area contributed by atoms with Crippen LogP contribution in [0.1, 0.15) is 27.8 Å². The molecule has 1 heterocycles. The van der Waals surface area contributed by atoms with Crippen LogP contribution in [0.25, 0.3) is 11.1 Å². The zero-order valence-corrected chi connectivity index (χ0v) is 12.2. The van der Waals surface area contributed by atoms with E-state index in [0.717, 1.165) is 13.0 Å². The van der Waals surface area contributed by atoms with Gasteiger partial charge in [0.15, 0.2) is 0 Å². The van der Waals surface area contributed by atoms with Gasteiger partial charge in [0.1, 0.15) is 0 Å². The van der Waals surface area contributed by atoms with Crippen molar-refractivity contribution in [2.75, 3.05) is 11.9 Å². The van der Waals surface area contributed by atoms with Crippen LogP contribution >= 0.6 is 0 Å².